The molecule has 1 aromatic carbocycles. The van der Waals surface area contributed by atoms with Gasteiger partial charge in [-0.2, -0.15) is 0 Å². The minimum atomic E-state index is 0.420. The number of aryl methyl sites for hydroxylation is 1. The summed E-state index contributed by atoms with van der Waals surface area (Å²) in [5, 5.41) is 5.05. The van der Waals surface area contributed by atoms with E-state index in [1.807, 2.05) is 0 Å². The molecule has 1 unspecified atom stereocenters. The zero-order valence-corrected chi connectivity index (χ0v) is 15.5. The van der Waals surface area contributed by atoms with Gasteiger partial charge in [-0.15, -0.1) is 0 Å². The minimum Gasteiger partial charge on any atom is -0.380 e. The SMILES string of the molecule is CCc1c(C)nc2ccccc2c1NC(C)CN1CCN(C)CC1. The van der Waals surface area contributed by atoms with E-state index in [1.54, 1.807) is 0 Å². The predicted molar refractivity (Wildman–Crippen MR) is 103 cm³/mol. The van der Waals surface area contributed by atoms with Crippen LogP contribution in [0.3, 0.4) is 0 Å². The van der Waals surface area contributed by atoms with Crippen molar-refractivity contribution in [3.8, 4) is 0 Å². The van der Waals surface area contributed by atoms with Crippen LogP contribution in [0, 0.1) is 6.92 Å². The molecule has 24 heavy (non-hydrogen) atoms. The van der Waals surface area contributed by atoms with Crippen LogP contribution in [0.15, 0.2) is 24.3 Å². The summed E-state index contributed by atoms with van der Waals surface area (Å²) in [5.74, 6) is 0. The lowest BCUT2D eigenvalue weighted by atomic mass is 10.0. The summed E-state index contributed by atoms with van der Waals surface area (Å²) >= 11 is 0. The third-order valence-corrected chi connectivity index (χ3v) is 5.07. The maximum absolute atomic E-state index is 4.78. The van der Waals surface area contributed by atoms with Crippen molar-refractivity contribution in [1.82, 2.24) is 14.8 Å². The molecule has 2 aromatic rings. The first kappa shape index (κ1) is 17.2. The van der Waals surface area contributed by atoms with Crippen molar-refractivity contribution in [2.24, 2.45) is 0 Å². The Labute approximate surface area is 145 Å². The molecule has 1 aliphatic heterocycles. The quantitative estimate of drug-likeness (QED) is 0.914. The van der Waals surface area contributed by atoms with Gasteiger partial charge in [0.1, 0.15) is 0 Å². The number of rotatable bonds is 5. The summed E-state index contributed by atoms with van der Waals surface area (Å²) in [6.07, 6.45) is 1.01. The van der Waals surface area contributed by atoms with Crippen molar-refractivity contribution in [2.75, 3.05) is 45.1 Å². The maximum atomic E-state index is 4.78. The number of hydrogen-bond acceptors (Lipinski definition) is 4. The summed E-state index contributed by atoms with van der Waals surface area (Å²) in [7, 11) is 2.21. The number of anilines is 1. The van der Waals surface area contributed by atoms with Crippen LogP contribution in [-0.4, -0.2) is 60.6 Å². The Balaban J connectivity index is 1.80. The fourth-order valence-corrected chi connectivity index (χ4v) is 3.68. The van der Waals surface area contributed by atoms with Gasteiger partial charge in [-0.25, -0.2) is 0 Å². The van der Waals surface area contributed by atoms with Gasteiger partial charge in [-0.1, -0.05) is 25.1 Å². The molecule has 1 N–H and O–H groups in total. The molecular weight excluding hydrogens is 296 g/mol. The number of para-hydroxylation sites is 1. The molecule has 0 aliphatic carbocycles. The smallest absolute Gasteiger partial charge is 0.0726 e. The van der Waals surface area contributed by atoms with Crippen molar-refractivity contribution in [3.05, 3.63) is 35.5 Å². The van der Waals surface area contributed by atoms with Crippen molar-refractivity contribution < 1.29 is 0 Å². The summed E-state index contributed by atoms with van der Waals surface area (Å²) in [4.78, 5) is 9.76. The van der Waals surface area contributed by atoms with Gasteiger partial charge in [0.25, 0.3) is 0 Å². The Bertz CT molecular complexity index is 689. The lowest BCUT2D eigenvalue weighted by Gasteiger charge is -2.34. The third-order valence-electron chi connectivity index (χ3n) is 5.07. The fourth-order valence-electron chi connectivity index (χ4n) is 3.68. The zero-order chi connectivity index (χ0) is 17.1. The highest BCUT2D eigenvalue weighted by Gasteiger charge is 2.18. The Hall–Kier alpha value is -1.65. The lowest BCUT2D eigenvalue weighted by Crippen LogP contribution is -2.47. The number of piperazine rings is 1. The molecule has 1 atom stereocenters. The monoisotopic (exact) mass is 326 g/mol. The Morgan fingerprint density at radius 3 is 2.58 bits per heavy atom. The van der Waals surface area contributed by atoms with E-state index < -0.39 is 0 Å². The van der Waals surface area contributed by atoms with Crippen LogP contribution in [0.5, 0.6) is 0 Å². The Kier molecular flexibility index (Phi) is 5.36. The lowest BCUT2D eigenvalue weighted by molar-refractivity contribution is 0.151. The highest BCUT2D eigenvalue weighted by molar-refractivity contribution is 5.93. The number of nitrogens with one attached hydrogen (secondary N) is 1. The molecule has 0 radical (unpaired) electrons. The van der Waals surface area contributed by atoms with E-state index in [4.69, 9.17) is 4.98 Å². The first-order chi connectivity index (χ1) is 11.6. The third kappa shape index (κ3) is 3.70. The van der Waals surface area contributed by atoms with E-state index in [0.29, 0.717) is 6.04 Å². The first-order valence-corrected chi connectivity index (χ1v) is 9.14. The van der Waals surface area contributed by atoms with Crippen LogP contribution in [-0.2, 0) is 6.42 Å². The van der Waals surface area contributed by atoms with Crippen LogP contribution in [0.1, 0.15) is 25.1 Å². The highest BCUT2D eigenvalue weighted by atomic mass is 15.3. The van der Waals surface area contributed by atoms with Gasteiger partial charge in [-0.05, 0) is 38.9 Å². The van der Waals surface area contributed by atoms with E-state index in [2.05, 4.69) is 67.2 Å². The zero-order valence-electron chi connectivity index (χ0n) is 15.5. The molecule has 1 aliphatic rings. The van der Waals surface area contributed by atoms with E-state index in [-0.39, 0.29) is 0 Å². The average Bonchev–Trinajstić information content (AvgIpc) is 2.57. The largest absolute Gasteiger partial charge is 0.380 e. The molecule has 0 bridgehead atoms. The maximum Gasteiger partial charge on any atom is 0.0726 e. The number of likely N-dealkylation sites (N-methyl/N-ethyl adjacent to an activating group) is 1. The summed E-state index contributed by atoms with van der Waals surface area (Å²) in [6, 6.07) is 8.89. The molecule has 1 fully saturated rings. The fraction of sp³-hybridized carbons (Fsp3) is 0.550. The van der Waals surface area contributed by atoms with Gasteiger partial charge in [-0.3, -0.25) is 9.88 Å². The van der Waals surface area contributed by atoms with Crippen molar-refractivity contribution in [1.29, 1.82) is 0 Å². The second kappa shape index (κ2) is 7.49. The van der Waals surface area contributed by atoms with E-state index in [9.17, 15) is 0 Å². The second-order valence-electron chi connectivity index (χ2n) is 7.07. The van der Waals surface area contributed by atoms with Gasteiger partial charge >= 0.3 is 0 Å². The van der Waals surface area contributed by atoms with E-state index in [0.717, 1.165) is 24.2 Å². The van der Waals surface area contributed by atoms with Crippen LogP contribution in [0.25, 0.3) is 10.9 Å². The molecule has 0 amide bonds. The number of nitrogens with zero attached hydrogens (tertiary/aromatic N) is 3. The number of hydrogen-bond donors (Lipinski definition) is 1. The standard InChI is InChI=1S/C20H30N4/c1-5-17-16(3)22-19-9-7-6-8-18(19)20(17)21-15(2)14-24-12-10-23(4)11-13-24/h6-9,15H,5,10-14H2,1-4H3,(H,21,22). The molecule has 1 aromatic heterocycles. The Morgan fingerprint density at radius 2 is 1.88 bits per heavy atom. The normalized spacial score (nSPS) is 18.0. The van der Waals surface area contributed by atoms with Crippen LogP contribution in [0.4, 0.5) is 5.69 Å². The molecule has 4 heteroatoms. The molecule has 4 nitrogen and oxygen atoms in total. The van der Waals surface area contributed by atoms with E-state index >= 15 is 0 Å². The molecule has 1 saturated heterocycles. The molecule has 3 rings (SSSR count). The molecule has 2 heterocycles. The van der Waals surface area contributed by atoms with Crippen LogP contribution in [0.2, 0.25) is 0 Å². The van der Waals surface area contributed by atoms with Gasteiger partial charge in [0.15, 0.2) is 0 Å². The minimum absolute atomic E-state index is 0.420. The van der Waals surface area contributed by atoms with E-state index in [1.165, 1.54) is 42.8 Å². The molecular formula is C20H30N4. The molecule has 0 saturated carbocycles. The number of pyridine rings is 1. The topological polar surface area (TPSA) is 31.4 Å². The van der Waals surface area contributed by atoms with Crippen LogP contribution >= 0.6 is 0 Å². The van der Waals surface area contributed by atoms with Crippen molar-refractivity contribution in [3.63, 3.8) is 0 Å². The van der Waals surface area contributed by atoms with Gasteiger partial charge < -0.3 is 10.2 Å². The highest BCUT2D eigenvalue weighted by Crippen LogP contribution is 2.29. The molecule has 130 valence electrons. The predicted octanol–water partition coefficient (Wildman–Crippen LogP) is 3.15. The number of fused-ring (bicyclic) bond motifs is 1. The first-order valence-electron chi connectivity index (χ1n) is 9.14. The van der Waals surface area contributed by atoms with Gasteiger partial charge in [0, 0.05) is 55.5 Å². The summed E-state index contributed by atoms with van der Waals surface area (Å²) < 4.78 is 0. The number of aromatic nitrogens is 1. The van der Waals surface area contributed by atoms with Gasteiger partial charge in [0.2, 0.25) is 0 Å². The Morgan fingerprint density at radius 1 is 1.17 bits per heavy atom. The second-order valence-corrected chi connectivity index (χ2v) is 7.07. The average molecular weight is 326 g/mol. The summed E-state index contributed by atoms with van der Waals surface area (Å²) in [6.45, 7) is 12.4. The van der Waals surface area contributed by atoms with Crippen LogP contribution < -0.4 is 5.32 Å². The van der Waals surface area contributed by atoms with Crippen molar-refractivity contribution in [2.45, 2.75) is 33.2 Å². The van der Waals surface area contributed by atoms with Crippen molar-refractivity contribution >= 4 is 16.6 Å². The van der Waals surface area contributed by atoms with Gasteiger partial charge in [0.05, 0.1) is 5.52 Å². The molecule has 0 spiro atoms. The summed E-state index contributed by atoms with van der Waals surface area (Å²) in [5.41, 5.74) is 4.85. The number of benzene rings is 1.